The van der Waals surface area contributed by atoms with Crippen LogP contribution in [0.1, 0.15) is 16.8 Å². The molecule has 0 spiro atoms. The first-order valence-corrected chi connectivity index (χ1v) is 5.66. The van der Waals surface area contributed by atoms with E-state index in [0.717, 1.165) is 28.9 Å². The molecule has 0 unspecified atom stereocenters. The molecule has 2 N–H and O–H groups in total. The molecule has 0 amide bonds. The van der Waals surface area contributed by atoms with Gasteiger partial charge >= 0.3 is 0 Å². The molecule has 2 aromatic heterocycles. The predicted octanol–water partition coefficient (Wildman–Crippen LogP) is 1.66. The maximum absolute atomic E-state index is 5.52. The molecule has 88 valence electrons. The summed E-state index contributed by atoms with van der Waals surface area (Å²) >= 11 is 0. The molecule has 0 aliphatic rings. The van der Waals surface area contributed by atoms with Crippen LogP contribution < -0.4 is 5.73 Å². The lowest BCUT2D eigenvalue weighted by Gasteiger charge is -2.05. The zero-order valence-electron chi connectivity index (χ0n) is 10.1. The van der Waals surface area contributed by atoms with Gasteiger partial charge in [-0.15, -0.1) is 0 Å². The maximum Gasteiger partial charge on any atom is 0.178 e. The van der Waals surface area contributed by atoms with E-state index in [1.807, 2.05) is 26.1 Å². The molecule has 17 heavy (non-hydrogen) atoms. The van der Waals surface area contributed by atoms with Gasteiger partial charge < -0.3 is 5.73 Å². The summed E-state index contributed by atoms with van der Waals surface area (Å²) in [6.07, 6.45) is 4.36. The van der Waals surface area contributed by atoms with Gasteiger partial charge in [-0.05, 0) is 37.6 Å². The fourth-order valence-corrected chi connectivity index (χ4v) is 1.75. The van der Waals surface area contributed by atoms with Gasteiger partial charge in [0.25, 0.3) is 0 Å². The molecule has 0 saturated heterocycles. The van der Waals surface area contributed by atoms with Crippen LogP contribution in [0.5, 0.6) is 0 Å². The van der Waals surface area contributed by atoms with E-state index in [4.69, 9.17) is 5.73 Å². The molecular formula is C13H16N4. The maximum atomic E-state index is 5.52. The quantitative estimate of drug-likeness (QED) is 0.867. The third kappa shape index (κ3) is 2.65. The molecule has 0 fully saturated rings. The van der Waals surface area contributed by atoms with Crippen molar-refractivity contribution in [1.29, 1.82) is 0 Å². The Labute approximate surface area is 101 Å². The molecule has 4 nitrogen and oxygen atoms in total. The van der Waals surface area contributed by atoms with E-state index >= 15 is 0 Å². The molecular weight excluding hydrogens is 212 g/mol. The highest BCUT2D eigenvalue weighted by molar-refractivity contribution is 5.54. The van der Waals surface area contributed by atoms with E-state index in [1.165, 1.54) is 0 Å². The average molecular weight is 228 g/mol. The van der Waals surface area contributed by atoms with E-state index in [1.54, 1.807) is 6.20 Å². The Morgan fingerprint density at radius 1 is 1.24 bits per heavy atom. The number of hydrogen-bond donors (Lipinski definition) is 1. The normalized spacial score (nSPS) is 10.5. The van der Waals surface area contributed by atoms with Crippen LogP contribution in [0, 0.1) is 13.8 Å². The Balaban J connectivity index is 2.42. The Morgan fingerprint density at radius 3 is 2.76 bits per heavy atom. The van der Waals surface area contributed by atoms with Gasteiger partial charge in [0.2, 0.25) is 0 Å². The third-order valence-electron chi connectivity index (χ3n) is 2.54. The van der Waals surface area contributed by atoms with Crippen LogP contribution in [-0.2, 0) is 6.42 Å². The Kier molecular flexibility index (Phi) is 3.44. The first-order chi connectivity index (χ1) is 8.20. The molecule has 0 aliphatic carbocycles. The molecule has 0 aliphatic heterocycles. The van der Waals surface area contributed by atoms with Gasteiger partial charge in [-0.1, -0.05) is 6.07 Å². The van der Waals surface area contributed by atoms with Crippen LogP contribution >= 0.6 is 0 Å². The van der Waals surface area contributed by atoms with Gasteiger partial charge in [0.1, 0.15) is 5.69 Å². The molecule has 2 heterocycles. The second-order valence-corrected chi connectivity index (χ2v) is 4.09. The van der Waals surface area contributed by atoms with Crippen molar-refractivity contribution in [3.05, 3.63) is 41.3 Å². The zero-order chi connectivity index (χ0) is 12.3. The molecule has 2 aromatic rings. The number of hydrogen-bond acceptors (Lipinski definition) is 4. The van der Waals surface area contributed by atoms with E-state index in [0.29, 0.717) is 12.4 Å². The van der Waals surface area contributed by atoms with Crippen LogP contribution in [0.3, 0.4) is 0 Å². The van der Waals surface area contributed by atoms with Crippen molar-refractivity contribution in [2.45, 2.75) is 20.3 Å². The van der Waals surface area contributed by atoms with Gasteiger partial charge in [0.15, 0.2) is 5.82 Å². The standard InChI is InChI=1S/C13H16N4/c1-9-7-10(2)12(16-8-9)13-15-6-4-11(17-13)3-5-14/h4,6-8H,3,5,14H2,1-2H3. The summed E-state index contributed by atoms with van der Waals surface area (Å²) in [5, 5.41) is 0. The highest BCUT2D eigenvalue weighted by Gasteiger charge is 2.07. The molecule has 2 rings (SSSR count). The zero-order valence-corrected chi connectivity index (χ0v) is 10.1. The average Bonchev–Trinajstić information content (AvgIpc) is 2.29. The smallest absolute Gasteiger partial charge is 0.178 e. The molecule has 0 atom stereocenters. The van der Waals surface area contributed by atoms with E-state index < -0.39 is 0 Å². The van der Waals surface area contributed by atoms with Crippen molar-refractivity contribution in [2.24, 2.45) is 5.73 Å². The Morgan fingerprint density at radius 2 is 2.06 bits per heavy atom. The highest BCUT2D eigenvalue weighted by Crippen LogP contribution is 2.17. The summed E-state index contributed by atoms with van der Waals surface area (Å²) in [5.74, 6) is 0.674. The SMILES string of the molecule is Cc1cnc(-c2nccc(CCN)n2)c(C)c1. The van der Waals surface area contributed by atoms with Crippen molar-refractivity contribution in [3.63, 3.8) is 0 Å². The van der Waals surface area contributed by atoms with E-state index in [2.05, 4.69) is 21.0 Å². The van der Waals surface area contributed by atoms with Crippen LogP contribution in [0.15, 0.2) is 24.5 Å². The summed E-state index contributed by atoms with van der Waals surface area (Å²) < 4.78 is 0. The summed E-state index contributed by atoms with van der Waals surface area (Å²) in [5.41, 5.74) is 9.56. The minimum Gasteiger partial charge on any atom is -0.330 e. The van der Waals surface area contributed by atoms with E-state index in [-0.39, 0.29) is 0 Å². The molecule has 4 heteroatoms. The van der Waals surface area contributed by atoms with Crippen molar-refractivity contribution in [3.8, 4) is 11.5 Å². The number of rotatable bonds is 3. The van der Waals surface area contributed by atoms with Crippen molar-refractivity contribution < 1.29 is 0 Å². The van der Waals surface area contributed by atoms with Gasteiger partial charge in [0.05, 0.1) is 0 Å². The third-order valence-corrected chi connectivity index (χ3v) is 2.54. The molecule has 0 saturated carbocycles. The highest BCUT2D eigenvalue weighted by atomic mass is 14.9. The summed E-state index contributed by atoms with van der Waals surface area (Å²) in [6.45, 7) is 4.64. The Hall–Kier alpha value is -1.81. The Bertz CT molecular complexity index is 523. The first-order valence-electron chi connectivity index (χ1n) is 5.66. The second-order valence-electron chi connectivity index (χ2n) is 4.09. The van der Waals surface area contributed by atoms with E-state index in [9.17, 15) is 0 Å². The lowest BCUT2D eigenvalue weighted by molar-refractivity contribution is 0.910. The van der Waals surface area contributed by atoms with Gasteiger partial charge in [-0.25, -0.2) is 9.97 Å². The lowest BCUT2D eigenvalue weighted by atomic mass is 10.1. The fourth-order valence-electron chi connectivity index (χ4n) is 1.75. The van der Waals surface area contributed by atoms with Crippen LogP contribution in [0.4, 0.5) is 0 Å². The number of aryl methyl sites for hydroxylation is 2. The summed E-state index contributed by atoms with van der Waals surface area (Å²) in [7, 11) is 0. The van der Waals surface area contributed by atoms with Crippen LogP contribution in [0.25, 0.3) is 11.5 Å². The number of aromatic nitrogens is 3. The predicted molar refractivity (Wildman–Crippen MR) is 67.5 cm³/mol. The minimum atomic E-state index is 0.594. The van der Waals surface area contributed by atoms with Gasteiger partial charge in [-0.2, -0.15) is 0 Å². The monoisotopic (exact) mass is 228 g/mol. The number of nitrogens with zero attached hydrogens (tertiary/aromatic N) is 3. The first kappa shape index (κ1) is 11.7. The summed E-state index contributed by atoms with van der Waals surface area (Å²) in [6, 6.07) is 3.97. The van der Waals surface area contributed by atoms with Crippen molar-refractivity contribution in [1.82, 2.24) is 15.0 Å². The van der Waals surface area contributed by atoms with Crippen LogP contribution in [-0.4, -0.2) is 21.5 Å². The molecule has 0 aromatic carbocycles. The second kappa shape index (κ2) is 5.01. The lowest BCUT2D eigenvalue weighted by Crippen LogP contribution is -2.06. The molecule has 0 bridgehead atoms. The molecule has 0 radical (unpaired) electrons. The van der Waals surface area contributed by atoms with Gasteiger partial charge in [0, 0.05) is 24.5 Å². The largest absolute Gasteiger partial charge is 0.330 e. The number of nitrogens with two attached hydrogens (primary N) is 1. The summed E-state index contributed by atoms with van der Waals surface area (Å²) in [4.78, 5) is 13.1. The topological polar surface area (TPSA) is 64.7 Å². The van der Waals surface area contributed by atoms with Crippen molar-refractivity contribution in [2.75, 3.05) is 6.54 Å². The minimum absolute atomic E-state index is 0.594. The van der Waals surface area contributed by atoms with Crippen LogP contribution in [0.2, 0.25) is 0 Å². The van der Waals surface area contributed by atoms with Crippen molar-refractivity contribution >= 4 is 0 Å². The number of pyridine rings is 1. The fraction of sp³-hybridized carbons (Fsp3) is 0.308. The van der Waals surface area contributed by atoms with Gasteiger partial charge in [-0.3, -0.25) is 4.98 Å².